The average Bonchev–Trinajstić information content (AvgIpc) is 2.52. The zero-order chi connectivity index (χ0) is 15.1. The van der Waals surface area contributed by atoms with Crippen molar-refractivity contribution in [3.63, 3.8) is 0 Å². The van der Waals surface area contributed by atoms with Gasteiger partial charge in [0.05, 0.1) is 12.6 Å². The lowest BCUT2D eigenvalue weighted by Crippen LogP contribution is -2.41. The maximum Gasteiger partial charge on any atom is 0.191 e. The molecule has 2 unspecified atom stereocenters. The van der Waals surface area contributed by atoms with E-state index in [0.29, 0.717) is 13.2 Å². The summed E-state index contributed by atoms with van der Waals surface area (Å²) in [4.78, 5) is 4.54. The first-order valence-electron chi connectivity index (χ1n) is 7.62. The summed E-state index contributed by atoms with van der Waals surface area (Å²) in [5.41, 5.74) is 1.17. The van der Waals surface area contributed by atoms with Gasteiger partial charge in [0.1, 0.15) is 5.75 Å². The summed E-state index contributed by atoms with van der Waals surface area (Å²) in [5.74, 6) is 1.91. The molecule has 0 bridgehead atoms. The van der Waals surface area contributed by atoms with Gasteiger partial charge in [0, 0.05) is 31.7 Å². The van der Waals surface area contributed by atoms with E-state index in [0.717, 1.165) is 24.7 Å². The highest BCUT2D eigenvalue weighted by Gasteiger charge is 2.21. The van der Waals surface area contributed by atoms with Crippen LogP contribution >= 0.6 is 24.0 Å². The van der Waals surface area contributed by atoms with Crippen LogP contribution in [0.4, 0.5) is 0 Å². The fourth-order valence-electron chi connectivity index (χ4n) is 2.28. The Morgan fingerprint density at radius 2 is 2.23 bits per heavy atom. The molecule has 0 saturated carbocycles. The number of benzene rings is 1. The molecule has 1 aliphatic rings. The minimum Gasteiger partial charge on any atom is -0.493 e. The van der Waals surface area contributed by atoms with Crippen molar-refractivity contribution in [2.24, 2.45) is 10.9 Å². The Morgan fingerprint density at radius 3 is 2.95 bits per heavy atom. The van der Waals surface area contributed by atoms with Crippen molar-refractivity contribution >= 4 is 29.9 Å². The first kappa shape index (κ1) is 19.0. The lowest BCUT2D eigenvalue weighted by molar-refractivity contribution is 0.241. The Morgan fingerprint density at radius 1 is 1.45 bits per heavy atom. The third-order valence-electron chi connectivity index (χ3n) is 3.49. The molecule has 0 fully saturated rings. The monoisotopic (exact) mass is 419 g/mol. The van der Waals surface area contributed by atoms with Crippen LogP contribution in [0.5, 0.6) is 5.75 Å². The minimum absolute atomic E-state index is 0. The molecule has 1 heterocycles. The number of halogens is 1. The SMILES string of the molecule is CCNC(=NCC(C)CO)NC1CCOc2ccccc21.I. The number of fused-ring (bicyclic) bond motifs is 1. The molecule has 1 aliphatic heterocycles. The van der Waals surface area contributed by atoms with Crippen molar-refractivity contribution in [1.82, 2.24) is 10.6 Å². The maximum absolute atomic E-state index is 9.10. The Balaban J connectivity index is 0.00000242. The molecule has 0 spiro atoms. The van der Waals surface area contributed by atoms with E-state index in [1.807, 2.05) is 32.0 Å². The standard InChI is InChI=1S/C16H25N3O2.HI/c1-3-17-16(18-10-12(2)11-20)19-14-8-9-21-15-7-5-4-6-13(14)15;/h4-7,12,14,20H,3,8-11H2,1-2H3,(H2,17,18,19);1H. The highest BCUT2D eigenvalue weighted by atomic mass is 127. The highest BCUT2D eigenvalue weighted by molar-refractivity contribution is 14.0. The van der Waals surface area contributed by atoms with Crippen LogP contribution in [0, 0.1) is 5.92 Å². The van der Waals surface area contributed by atoms with Crippen molar-refractivity contribution in [3.05, 3.63) is 29.8 Å². The van der Waals surface area contributed by atoms with Crippen LogP contribution in [0.3, 0.4) is 0 Å². The second kappa shape index (κ2) is 9.89. The zero-order valence-electron chi connectivity index (χ0n) is 13.2. The number of aliphatic imine (C=N–C) groups is 1. The van der Waals surface area contributed by atoms with Gasteiger partial charge in [0.15, 0.2) is 5.96 Å². The lowest BCUT2D eigenvalue weighted by Gasteiger charge is -2.28. The van der Waals surface area contributed by atoms with Gasteiger partial charge in [0.2, 0.25) is 0 Å². The Hall–Kier alpha value is -1.02. The number of ether oxygens (including phenoxy) is 1. The molecule has 6 heteroatoms. The molecule has 3 N–H and O–H groups in total. The quantitative estimate of drug-likeness (QED) is 0.390. The number of hydrogen-bond donors (Lipinski definition) is 3. The first-order chi connectivity index (χ1) is 10.2. The number of hydrogen-bond acceptors (Lipinski definition) is 3. The molecule has 0 aliphatic carbocycles. The fraction of sp³-hybridized carbons (Fsp3) is 0.562. The van der Waals surface area contributed by atoms with E-state index in [2.05, 4.69) is 21.7 Å². The molecule has 0 amide bonds. The van der Waals surface area contributed by atoms with E-state index in [9.17, 15) is 0 Å². The summed E-state index contributed by atoms with van der Waals surface area (Å²) < 4.78 is 5.68. The summed E-state index contributed by atoms with van der Waals surface area (Å²) in [6.07, 6.45) is 0.914. The number of aliphatic hydroxyl groups is 1. The predicted octanol–water partition coefficient (Wildman–Crippen LogP) is 2.31. The molecule has 0 saturated heterocycles. The van der Waals surface area contributed by atoms with E-state index < -0.39 is 0 Å². The van der Waals surface area contributed by atoms with Crippen molar-refractivity contribution in [2.45, 2.75) is 26.3 Å². The number of guanidine groups is 1. The molecule has 2 rings (SSSR count). The predicted molar refractivity (Wildman–Crippen MR) is 100 cm³/mol. The second-order valence-electron chi connectivity index (χ2n) is 5.38. The Kier molecular flexibility index (Phi) is 8.55. The maximum atomic E-state index is 9.10. The van der Waals surface area contributed by atoms with Gasteiger partial charge >= 0.3 is 0 Å². The van der Waals surface area contributed by atoms with Crippen molar-refractivity contribution < 1.29 is 9.84 Å². The molecule has 2 atom stereocenters. The number of aliphatic hydroxyl groups excluding tert-OH is 1. The van der Waals surface area contributed by atoms with E-state index in [4.69, 9.17) is 9.84 Å². The molecule has 0 aromatic heterocycles. The van der Waals surface area contributed by atoms with Crippen LogP contribution in [0.1, 0.15) is 31.9 Å². The molecular formula is C16H26IN3O2. The van der Waals surface area contributed by atoms with Crippen molar-refractivity contribution in [3.8, 4) is 5.75 Å². The molecule has 1 aromatic carbocycles. The van der Waals surface area contributed by atoms with Crippen molar-refractivity contribution in [1.29, 1.82) is 0 Å². The fourth-order valence-corrected chi connectivity index (χ4v) is 2.28. The number of nitrogens with zero attached hydrogens (tertiary/aromatic N) is 1. The number of nitrogens with one attached hydrogen (secondary N) is 2. The van der Waals surface area contributed by atoms with Gasteiger partial charge in [-0.2, -0.15) is 0 Å². The molecular weight excluding hydrogens is 393 g/mol. The Bertz CT molecular complexity index is 482. The zero-order valence-corrected chi connectivity index (χ0v) is 15.5. The van der Waals surface area contributed by atoms with Crippen LogP contribution in [0.15, 0.2) is 29.3 Å². The van der Waals surface area contributed by atoms with E-state index in [1.165, 1.54) is 5.56 Å². The summed E-state index contributed by atoms with van der Waals surface area (Å²) in [6, 6.07) is 8.31. The molecule has 0 radical (unpaired) electrons. The third-order valence-corrected chi connectivity index (χ3v) is 3.49. The third kappa shape index (κ3) is 5.31. The topological polar surface area (TPSA) is 65.9 Å². The van der Waals surface area contributed by atoms with Gasteiger partial charge in [-0.05, 0) is 18.9 Å². The summed E-state index contributed by atoms with van der Waals surface area (Å²) in [5, 5.41) is 15.8. The summed E-state index contributed by atoms with van der Waals surface area (Å²) in [7, 11) is 0. The van der Waals surface area contributed by atoms with Crippen molar-refractivity contribution in [2.75, 3.05) is 26.3 Å². The molecule has 5 nitrogen and oxygen atoms in total. The normalized spacial score (nSPS) is 18.5. The average molecular weight is 419 g/mol. The Labute approximate surface area is 149 Å². The van der Waals surface area contributed by atoms with E-state index >= 15 is 0 Å². The number of para-hydroxylation sites is 1. The molecule has 22 heavy (non-hydrogen) atoms. The lowest BCUT2D eigenvalue weighted by atomic mass is 10.0. The summed E-state index contributed by atoms with van der Waals surface area (Å²) in [6.45, 7) is 6.31. The minimum atomic E-state index is 0. The van der Waals surface area contributed by atoms with Crippen LogP contribution in [-0.2, 0) is 0 Å². The van der Waals surface area contributed by atoms with Gasteiger partial charge in [-0.1, -0.05) is 25.1 Å². The van der Waals surface area contributed by atoms with Gasteiger partial charge < -0.3 is 20.5 Å². The molecule has 1 aromatic rings. The number of rotatable bonds is 5. The van der Waals surface area contributed by atoms with E-state index in [1.54, 1.807) is 0 Å². The van der Waals surface area contributed by atoms with Gasteiger partial charge in [-0.25, -0.2) is 0 Å². The molecule has 124 valence electrons. The first-order valence-corrected chi connectivity index (χ1v) is 7.62. The van der Waals surface area contributed by atoms with Crippen LogP contribution in [-0.4, -0.2) is 37.4 Å². The van der Waals surface area contributed by atoms with Crippen LogP contribution in [0.25, 0.3) is 0 Å². The van der Waals surface area contributed by atoms with Crippen LogP contribution < -0.4 is 15.4 Å². The summed E-state index contributed by atoms with van der Waals surface area (Å²) >= 11 is 0. The highest BCUT2D eigenvalue weighted by Crippen LogP contribution is 2.31. The van der Waals surface area contributed by atoms with Gasteiger partial charge in [-0.15, -0.1) is 24.0 Å². The van der Waals surface area contributed by atoms with Gasteiger partial charge in [-0.3, -0.25) is 4.99 Å². The van der Waals surface area contributed by atoms with E-state index in [-0.39, 0.29) is 42.5 Å². The largest absolute Gasteiger partial charge is 0.493 e. The smallest absolute Gasteiger partial charge is 0.191 e. The van der Waals surface area contributed by atoms with Crippen LogP contribution in [0.2, 0.25) is 0 Å². The second-order valence-corrected chi connectivity index (χ2v) is 5.38. The van der Waals surface area contributed by atoms with Gasteiger partial charge in [0.25, 0.3) is 0 Å².